The number of nitrogens with one attached hydrogen (secondary N) is 2. The molecule has 2 heterocycles. The highest BCUT2D eigenvalue weighted by atomic mass is 16.4. The number of carbonyl (C=O) groups excluding carboxylic acids is 1. The van der Waals surface area contributed by atoms with Gasteiger partial charge in [-0.15, -0.1) is 0 Å². The molecule has 0 radical (unpaired) electrons. The predicted molar refractivity (Wildman–Crippen MR) is 127 cm³/mol. The Hall–Kier alpha value is -3.43. The fourth-order valence-corrected chi connectivity index (χ4v) is 5.01. The highest BCUT2D eigenvalue weighted by Crippen LogP contribution is 2.43. The summed E-state index contributed by atoms with van der Waals surface area (Å²) in [5.74, 6) is 1.29. The minimum atomic E-state index is -1.50. The van der Waals surface area contributed by atoms with Crippen LogP contribution in [-0.2, 0) is 19.4 Å². The first-order valence-electron chi connectivity index (χ1n) is 11.2. The van der Waals surface area contributed by atoms with Crippen molar-refractivity contribution in [2.75, 3.05) is 17.2 Å². The van der Waals surface area contributed by atoms with E-state index in [1.165, 1.54) is 0 Å². The van der Waals surface area contributed by atoms with Gasteiger partial charge in [0.1, 0.15) is 5.82 Å². The molecule has 0 spiro atoms. The zero-order chi connectivity index (χ0) is 23.1. The van der Waals surface area contributed by atoms with Gasteiger partial charge in [-0.1, -0.05) is 43.3 Å². The minimum Gasteiger partial charge on any atom is -0.423 e. The Morgan fingerprint density at radius 2 is 2.06 bits per heavy atom. The highest BCUT2D eigenvalue weighted by molar-refractivity contribution is 6.58. The number of nitrogens with two attached hydrogens (primary N) is 1. The van der Waals surface area contributed by atoms with Crippen molar-refractivity contribution in [1.29, 1.82) is 0 Å². The third kappa shape index (κ3) is 3.94. The molecular weight excluding hydrogens is 417 g/mol. The van der Waals surface area contributed by atoms with Gasteiger partial charge in [0.25, 0.3) is 0 Å². The van der Waals surface area contributed by atoms with Gasteiger partial charge in [0.15, 0.2) is 5.82 Å². The summed E-state index contributed by atoms with van der Waals surface area (Å²) in [5.41, 5.74) is 11.5. The van der Waals surface area contributed by atoms with Crippen molar-refractivity contribution < 1.29 is 14.8 Å². The van der Waals surface area contributed by atoms with Gasteiger partial charge in [-0.2, -0.15) is 0 Å². The van der Waals surface area contributed by atoms with Gasteiger partial charge in [0, 0.05) is 31.0 Å². The summed E-state index contributed by atoms with van der Waals surface area (Å²) in [4.78, 5) is 21.8. The summed E-state index contributed by atoms with van der Waals surface area (Å²) in [7, 11) is -1.50. The second-order valence-corrected chi connectivity index (χ2v) is 8.80. The van der Waals surface area contributed by atoms with Gasteiger partial charge < -0.3 is 26.4 Å². The fourth-order valence-electron chi connectivity index (χ4n) is 5.01. The number of hydrogen-bond acceptors (Lipinski definition) is 7. The average molecular weight is 443 g/mol. The molecule has 168 valence electrons. The maximum Gasteiger partial charge on any atom is 0.488 e. The lowest BCUT2D eigenvalue weighted by atomic mass is 9.80. The molecule has 1 amide bonds. The molecule has 6 N–H and O–H groups in total. The van der Waals surface area contributed by atoms with Crippen LogP contribution in [0.3, 0.4) is 0 Å². The first-order chi connectivity index (χ1) is 15.9. The topological polar surface area (TPSA) is 133 Å². The van der Waals surface area contributed by atoms with Crippen molar-refractivity contribution in [1.82, 2.24) is 9.97 Å². The number of amides is 1. The number of benzene rings is 2. The van der Waals surface area contributed by atoms with E-state index in [2.05, 4.69) is 17.6 Å². The molecule has 2 unspecified atom stereocenters. The van der Waals surface area contributed by atoms with Crippen LogP contribution >= 0.6 is 0 Å². The normalized spacial score (nSPS) is 18.4. The Balaban J connectivity index is 1.49. The first kappa shape index (κ1) is 21.4. The lowest BCUT2D eigenvalue weighted by Crippen LogP contribution is -2.30. The monoisotopic (exact) mass is 443 g/mol. The van der Waals surface area contributed by atoms with E-state index in [9.17, 15) is 14.8 Å². The van der Waals surface area contributed by atoms with Crippen LogP contribution in [0.15, 0.2) is 42.5 Å². The van der Waals surface area contributed by atoms with E-state index in [-0.39, 0.29) is 11.8 Å². The molecule has 0 bridgehead atoms. The average Bonchev–Trinajstić information content (AvgIpc) is 3.40. The zero-order valence-electron chi connectivity index (χ0n) is 18.4. The molecule has 9 heteroatoms. The van der Waals surface area contributed by atoms with E-state index in [4.69, 9.17) is 15.7 Å². The van der Waals surface area contributed by atoms with Crippen LogP contribution in [0.25, 0.3) is 0 Å². The van der Waals surface area contributed by atoms with E-state index in [1.807, 2.05) is 18.2 Å². The summed E-state index contributed by atoms with van der Waals surface area (Å²) in [6, 6.07) is 12.9. The summed E-state index contributed by atoms with van der Waals surface area (Å²) >= 11 is 0. The molecule has 2 atom stereocenters. The SMILES string of the molecule is CC1Cc2c(C(N)=O)cccc2C1c1nc2c(c(NCc3cccc(B(O)O)c3)n1)NCC2. The van der Waals surface area contributed by atoms with Gasteiger partial charge in [-0.25, -0.2) is 9.97 Å². The molecule has 2 aliphatic rings. The van der Waals surface area contributed by atoms with Crippen molar-refractivity contribution in [3.63, 3.8) is 0 Å². The zero-order valence-corrected chi connectivity index (χ0v) is 18.4. The fraction of sp³-hybridized carbons (Fsp3) is 0.292. The van der Waals surface area contributed by atoms with Crippen LogP contribution in [0.5, 0.6) is 0 Å². The van der Waals surface area contributed by atoms with Crippen LogP contribution in [0.2, 0.25) is 0 Å². The quantitative estimate of drug-likeness (QED) is 0.361. The number of primary amides is 1. The van der Waals surface area contributed by atoms with Crippen molar-refractivity contribution in [3.8, 4) is 0 Å². The van der Waals surface area contributed by atoms with Crippen LogP contribution in [0, 0.1) is 5.92 Å². The first-order valence-corrected chi connectivity index (χ1v) is 11.2. The van der Waals surface area contributed by atoms with Gasteiger partial charge in [0.05, 0.1) is 11.4 Å². The number of aromatic nitrogens is 2. The Bertz CT molecular complexity index is 1230. The van der Waals surface area contributed by atoms with Gasteiger partial charge in [-0.05, 0) is 40.6 Å². The predicted octanol–water partition coefficient (Wildman–Crippen LogP) is 1.16. The molecule has 33 heavy (non-hydrogen) atoms. The molecule has 1 aromatic heterocycles. The van der Waals surface area contributed by atoms with Crippen LogP contribution < -0.4 is 21.8 Å². The standard InChI is InChI=1S/C24H26BN5O3/c1-13-10-18-16(6-3-7-17(18)22(26)31)20(13)23-29-19-8-9-27-21(19)24(30-23)28-12-14-4-2-5-15(11-14)25(32)33/h2-7,11,13,20,27,32-33H,8-10,12H2,1H3,(H2,26,31)(H,28,29,30). The number of fused-ring (bicyclic) bond motifs is 2. The summed E-state index contributed by atoms with van der Waals surface area (Å²) < 4.78 is 0. The molecule has 1 aliphatic heterocycles. The van der Waals surface area contributed by atoms with Crippen LogP contribution in [0.1, 0.15) is 51.4 Å². The second kappa shape index (κ2) is 8.49. The van der Waals surface area contributed by atoms with Gasteiger partial charge >= 0.3 is 7.12 Å². The van der Waals surface area contributed by atoms with E-state index in [1.54, 1.807) is 24.3 Å². The third-order valence-electron chi connectivity index (χ3n) is 6.56. The van der Waals surface area contributed by atoms with Gasteiger partial charge in [-0.3, -0.25) is 4.79 Å². The summed E-state index contributed by atoms with van der Waals surface area (Å²) in [6.07, 6.45) is 1.58. The Kier molecular flexibility index (Phi) is 5.51. The van der Waals surface area contributed by atoms with E-state index < -0.39 is 13.0 Å². The largest absolute Gasteiger partial charge is 0.488 e. The van der Waals surface area contributed by atoms with Crippen molar-refractivity contribution in [3.05, 3.63) is 76.2 Å². The molecule has 8 nitrogen and oxygen atoms in total. The molecule has 2 aromatic carbocycles. The highest BCUT2D eigenvalue weighted by Gasteiger charge is 2.36. The number of hydrogen-bond donors (Lipinski definition) is 5. The van der Waals surface area contributed by atoms with Crippen molar-refractivity contribution in [2.45, 2.75) is 32.2 Å². The smallest absolute Gasteiger partial charge is 0.423 e. The maximum absolute atomic E-state index is 11.9. The Morgan fingerprint density at radius 1 is 1.24 bits per heavy atom. The van der Waals surface area contributed by atoms with Crippen molar-refractivity contribution >= 4 is 30.0 Å². The lowest BCUT2D eigenvalue weighted by molar-refractivity contribution is 0.0999. The van der Waals surface area contributed by atoms with E-state index in [0.717, 1.165) is 59.1 Å². The number of anilines is 2. The molecule has 0 saturated heterocycles. The number of rotatable bonds is 6. The molecule has 1 aliphatic carbocycles. The van der Waals surface area contributed by atoms with Crippen molar-refractivity contribution in [2.24, 2.45) is 11.7 Å². The van der Waals surface area contributed by atoms with E-state index in [0.29, 0.717) is 17.6 Å². The molecular formula is C24H26BN5O3. The summed E-state index contributed by atoms with van der Waals surface area (Å²) in [5, 5.41) is 25.7. The van der Waals surface area contributed by atoms with E-state index >= 15 is 0 Å². The number of nitrogens with zero attached hydrogens (tertiary/aromatic N) is 2. The van der Waals surface area contributed by atoms with Gasteiger partial charge in [0.2, 0.25) is 5.91 Å². The third-order valence-corrected chi connectivity index (χ3v) is 6.56. The maximum atomic E-state index is 11.9. The number of carbonyl (C=O) groups is 1. The van der Waals surface area contributed by atoms with Crippen LogP contribution in [0.4, 0.5) is 11.5 Å². The minimum absolute atomic E-state index is 0.0152. The Labute approximate surface area is 192 Å². The Morgan fingerprint density at radius 3 is 2.85 bits per heavy atom. The van der Waals surface area contributed by atoms with Crippen LogP contribution in [-0.4, -0.2) is 39.6 Å². The molecule has 5 rings (SSSR count). The molecule has 3 aromatic rings. The molecule has 0 saturated carbocycles. The second-order valence-electron chi connectivity index (χ2n) is 8.80. The summed E-state index contributed by atoms with van der Waals surface area (Å²) in [6.45, 7) is 3.44. The molecule has 0 fully saturated rings. The lowest BCUT2D eigenvalue weighted by Gasteiger charge is -2.19.